The van der Waals surface area contributed by atoms with Crippen LogP contribution in [0.4, 0.5) is 22.0 Å². The first-order valence-electron chi connectivity index (χ1n) is 8.16. The van der Waals surface area contributed by atoms with E-state index >= 15 is 0 Å². The summed E-state index contributed by atoms with van der Waals surface area (Å²) >= 11 is 0. The maximum Gasteiger partial charge on any atom is 0.190 e. The Morgan fingerprint density at radius 1 is 0.760 bits per heavy atom. The Morgan fingerprint density at radius 3 is 2.00 bits per heavy atom. The molecule has 1 saturated carbocycles. The van der Waals surface area contributed by atoms with Gasteiger partial charge in [0.1, 0.15) is 5.82 Å². The van der Waals surface area contributed by atoms with Crippen LogP contribution in [-0.2, 0) is 0 Å². The van der Waals surface area contributed by atoms with Gasteiger partial charge in [0.05, 0.1) is 6.61 Å². The minimum Gasteiger partial charge on any atom is -0.487 e. The van der Waals surface area contributed by atoms with Crippen molar-refractivity contribution in [3.05, 3.63) is 65.0 Å². The molecule has 0 radical (unpaired) electrons. The van der Waals surface area contributed by atoms with E-state index in [1.165, 1.54) is 6.07 Å². The Bertz CT molecular complexity index is 730. The van der Waals surface area contributed by atoms with Crippen LogP contribution < -0.4 is 4.74 Å². The van der Waals surface area contributed by atoms with E-state index < -0.39 is 34.8 Å². The number of benzene rings is 2. The summed E-state index contributed by atoms with van der Waals surface area (Å²) in [4.78, 5) is 0. The molecule has 134 valence electrons. The van der Waals surface area contributed by atoms with Crippen molar-refractivity contribution in [2.75, 3.05) is 6.61 Å². The zero-order valence-electron chi connectivity index (χ0n) is 13.4. The molecular formula is C19H17F5O. The summed E-state index contributed by atoms with van der Waals surface area (Å²) < 4.78 is 71.5. The van der Waals surface area contributed by atoms with Gasteiger partial charge in [-0.05, 0) is 55.2 Å². The van der Waals surface area contributed by atoms with E-state index in [1.54, 1.807) is 6.07 Å². The molecule has 3 rings (SSSR count). The van der Waals surface area contributed by atoms with Gasteiger partial charge in [-0.15, -0.1) is 0 Å². The maximum atomic E-state index is 13.5. The number of ether oxygens (including phenoxy) is 1. The quantitative estimate of drug-likeness (QED) is 0.635. The zero-order chi connectivity index (χ0) is 18.0. The highest BCUT2D eigenvalue weighted by Crippen LogP contribution is 2.36. The van der Waals surface area contributed by atoms with Crippen LogP contribution in [-0.4, -0.2) is 6.61 Å². The first-order valence-corrected chi connectivity index (χ1v) is 8.16. The zero-order valence-corrected chi connectivity index (χ0v) is 13.4. The molecule has 0 N–H and O–H groups in total. The van der Waals surface area contributed by atoms with E-state index in [2.05, 4.69) is 0 Å². The van der Waals surface area contributed by atoms with Crippen LogP contribution >= 0.6 is 0 Å². The van der Waals surface area contributed by atoms with Crippen LogP contribution in [0.5, 0.6) is 5.75 Å². The second-order valence-corrected chi connectivity index (χ2v) is 6.40. The van der Waals surface area contributed by atoms with Crippen molar-refractivity contribution in [3.8, 4) is 5.75 Å². The van der Waals surface area contributed by atoms with Crippen molar-refractivity contribution in [2.24, 2.45) is 5.92 Å². The highest BCUT2D eigenvalue weighted by molar-refractivity contribution is 5.27. The van der Waals surface area contributed by atoms with Crippen LogP contribution in [0.15, 0.2) is 30.3 Å². The van der Waals surface area contributed by atoms with Crippen molar-refractivity contribution >= 4 is 0 Å². The fourth-order valence-corrected chi connectivity index (χ4v) is 3.30. The molecule has 0 atom stereocenters. The molecule has 25 heavy (non-hydrogen) atoms. The van der Waals surface area contributed by atoms with Crippen molar-refractivity contribution in [1.29, 1.82) is 0 Å². The van der Waals surface area contributed by atoms with Gasteiger partial charge in [-0.1, -0.05) is 6.07 Å². The first kappa shape index (κ1) is 17.7. The lowest BCUT2D eigenvalue weighted by Crippen LogP contribution is -2.20. The predicted molar refractivity (Wildman–Crippen MR) is 82.9 cm³/mol. The number of rotatable bonds is 4. The summed E-state index contributed by atoms with van der Waals surface area (Å²) in [6, 6.07) is 5.10. The Balaban J connectivity index is 1.55. The van der Waals surface area contributed by atoms with Gasteiger partial charge in [0, 0.05) is 12.1 Å². The highest BCUT2D eigenvalue weighted by Gasteiger charge is 2.24. The normalized spacial score (nSPS) is 20.5. The lowest BCUT2D eigenvalue weighted by atomic mass is 9.79. The smallest absolute Gasteiger partial charge is 0.190 e. The molecule has 0 aliphatic heterocycles. The van der Waals surface area contributed by atoms with Crippen LogP contribution in [0.2, 0.25) is 0 Å². The minimum atomic E-state index is -1.06. The molecule has 1 fully saturated rings. The molecule has 0 bridgehead atoms. The van der Waals surface area contributed by atoms with Crippen molar-refractivity contribution in [3.63, 3.8) is 0 Å². The van der Waals surface area contributed by atoms with E-state index in [9.17, 15) is 22.0 Å². The van der Waals surface area contributed by atoms with Crippen molar-refractivity contribution in [2.45, 2.75) is 31.6 Å². The van der Waals surface area contributed by atoms with Gasteiger partial charge in [-0.3, -0.25) is 0 Å². The van der Waals surface area contributed by atoms with Crippen LogP contribution in [0.3, 0.4) is 0 Å². The van der Waals surface area contributed by atoms with Crippen LogP contribution in [0.25, 0.3) is 0 Å². The summed E-state index contributed by atoms with van der Waals surface area (Å²) in [6.07, 6.45) is 3.00. The second kappa shape index (κ2) is 7.42. The van der Waals surface area contributed by atoms with Crippen LogP contribution in [0, 0.1) is 35.0 Å². The lowest BCUT2D eigenvalue weighted by molar-refractivity contribution is 0.187. The number of hydrogen-bond donors (Lipinski definition) is 0. The monoisotopic (exact) mass is 356 g/mol. The third-order valence-electron chi connectivity index (χ3n) is 4.69. The van der Waals surface area contributed by atoms with Gasteiger partial charge in [-0.25, -0.2) is 22.0 Å². The maximum absolute atomic E-state index is 13.5. The molecule has 0 saturated heterocycles. The molecule has 1 nitrogen and oxygen atoms in total. The van der Waals surface area contributed by atoms with E-state index in [1.807, 2.05) is 0 Å². The highest BCUT2D eigenvalue weighted by atomic mass is 19.2. The summed E-state index contributed by atoms with van der Waals surface area (Å²) in [5, 5.41) is 0. The molecule has 0 heterocycles. The van der Waals surface area contributed by atoms with E-state index in [0.29, 0.717) is 12.1 Å². The number of halogens is 5. The third kappa shape index (κ3) is 4.11. The molecule has 6 heteroatoms. The molecule has 0 aromatic heterocycles. The van der Waals surface area contributed by atoms with Gasteiger partial charge in [0.25, 0.3) is 0 Å². The third-order valence-corrected chi connectivity index (χ3v) is 4.69. The topological polar surface area (TPSA) is 9.23 Å². The molecular weight excluding hydrogens is 339 g/mol. The SMILES string of the molecule is Fc1cc(F)c(OCC2CCC(c3ccc(F)c(F)c3)CC2)c(F)c1. The minimum absolute atomic E-state index is 0.102. The summed E-state index contributed by atoms with van der Waals surface area (Å²) in [5.41, 5.74) is 0.758. The fourth-order valence-electron chi connectivity index (χ4n) is 3.30. The van der Waals surface area contributed by atoms with Gasteiger partial charge >= 0.3 is 0 Å². The Labute approximate surface area is 142 Å². The molecule has 1 aliphatic carbocycles. The molecule has 0 amide bonds. The summed E-state index contributed by atoms with van der Waals surface area (Å²) in [7, 11) is 0. The molecule has 0 spiro atoms. The molecule has 2 aromatic rings. The average Bonchev–Trinajstić information content (AvgIpc) is 2.57. The van der Waals surface area contributed by atoms with Crippen molar-refractivity contribution < 1.29 is 26.7 Å². The Hall–Kier alpha value is -2.11. The van der Waals surface area contributed by atoms with Gasteiger partial charge < -0.3 is 4.74 Å². The molecule has 1 aliphatic rings. The molecule has 0 unspecified atom stereocenters. The van der Waals surface area contributed by atoms with E-state index in [-0.39, 0.29) is 18.4 Å². The molecule has 2 aromatic carbocycles. The van der Waals surface area contributed by atoms with Gasteiger partial charge in [0.2, 0.25) is 0 Å². The average molecular weight is 356 g/mol. The standard InChI is InChI=1S/C19H17F5O/c20-14-8-17(23)19(18(24)9-14)25-10-11-1-3-12(4-2-11)13-5-6-15(21)16(22)7-13/h5-9,11-12H,1-4,10H2. The number of hydrogen-bond acceptors (Lipinski definition) is 1. The summed E-state index contributed by atoms with van der Waals surface area (Å²) in [6.45, 7) is 0.129. The Kier molecular flexibility index (Phi) is 5.25. The summed E-state index contributed by atoms with van der Waals surface area (Å²) in [5.74, 6) is -5.17. The predicted octanol–water partition coefficient (Wildman–Crippen LogP) is 5.73. The van der Waals surface area contributed by atoms with E-state index in [4.69, 9.17) is 4.74 Å². The second-order valence-electron chi connectivity index (χ2n) is 6.40. The Morgan fingerprint density at radius 2 is 1.40 bits per heavy atom. The van der Waals surface area contributed by atoms with Crippen molar-refractivity contribution in [1.82, 2.24) is 0 Å². The van der Waals surface area contributed by atoms with E-state index in [0.717, 1.165) is 37.3 Å². The van der Waals surface area contributed by atoms with Gasteiger partial charge in [-0.2, -0.15) is 0 Å². The largest absolute Gasteiger partial charge is 0.487 e. The lowest BCUT2D eigenvalue weighted by Gasteiger charge is -2.28. The van der Waals surface area contributed by atoms with Crippen LogP contribution in [0.1, 0.15) is 37.2 Å². The first-order chi connectivity index (χ1) is 11.9. The fraction of sp³-hybridized carbons (Fsp3) is 0.368. The van der Waals surface area contributed by atoms with Gasteiger partial charge in [0.15, 0.2) is 29.0 Å².